The third kappa shape index (κ3) is 5.94. The van der Waals surface area contributed by atoms with Crippen LogP contribution in [0.4, 0.5) is 4.79 Å². The van der Waals surface area contributed by atoms with Crippen LogP contribution < -0.4 is 5.32 Å². The van der Waals surface area contributed by atoms with Crippen molar-refractivity contribution in [1.29, 1.82) is 0 Å². The number of amides is 1. The average molecular weight is 330 g/mol. The minimum absolute atomic E-state index is 0.407. The van der Waals surface area contributed by atoms with Gasteiger partial charge in [0.05, 0.1) is 0 Å². The van der Waals surface area contributed by atoms with Crippen LogP contribution in [0.3, 0.4) is 0 Å². The molecule has 2 rings (SSSR count). The first-order valence-electron chi connectivity index (χ1n) is 7.49. The molecule has 1 aromatic heterocycles. The molecule has 4 nitrogen and oxygen atoms in total. The fourth-order valence-electron chi connectivity index (χ4n) is 1.89. The molecule has 0 saturated heterocycles. The molecule has 0 fully saturated rings. The molecule has 0 spiro atoms. The SMILES string of the molecule is Cc1cc(Sc2ccccc2)ncc1CNC(=O)OC(C)(C)C. The lowest BCUT2D eigenvalue weighted by Gasteiger charge is -2.19. The van der Waals surface area contributed by atoms with Gasteiger partial charge in [0.2, 0.25) is 0 Å². The third-order valence-corrected chi connectivity index (χ3v) is 3.92. The lowest BCUT2D eigenvalue weighted by molar-refractivity contribution is 0.0523. The number of carbonyl (C=O) groups is 1. The molecule has 1 aromatic carbocycles. The maximum Gasteiger partial charge on any atom is 0.407 e. The van der Waals surface area contributed by atoms with Crippen molar-refractivity contribution < 1.29 is 9.53 Å². The molecule has 1 heterocycles. The first-order chi connectivity index (χ1) is 10.8. The van der Waals surface area contributed by atoms with Crippen LogP contribution in [-0.4, -0.2) is 16.7 Å². The summed E-state index contributed by atoms with van der Waals surface area (Å²) >= 11 is 1.62. The van der Waals surface area contributed by atoms with Gasteiger partial charge in [-0.15, -0.1) is 0 Å². The zero-order chi connectivity index (χ0) is 16.9. The molecule has 2 aromatic rings. The van der Waals surface area contributed by atoms with Crippen LogP contribution in [0, 0.1) is 6.92 Å². The molecule has 1 N–H and O–H groups in total. The van der Waals surface area contributed by atoms with Crippen molar-refractivity contribution in [2.45, 2.75) is 49.8 Å². The van der Waals surface area contributed by atoms with Crippen molar-refractivity contribution in [2.24, 2.45) is 0 Å². The quantitative estimate of drug-likeness (QED) is 0.892. The van der Waals surface area contributed by atoms with Gasteiger partial charge in [0.1, 0.15) is 10.6 Å². The van der Waals surface area contributed by atoms with Gasteiger partial charge in [-0.25, -0.2) is 9.78 Å². The van der Waals surface area contributed by atoms with Gasteiger partial charge < -0.3 is 10.1 Å². The number of aromatic nitrogens is 1. The van der Waals surface area contributed by atoms with E-state index < -0.39 is 11.7 Å². The summed E-state index contributed by atoms with van der Waals surface area (Å²) in [6.45, 7) is 7.95. The largest absolute Gasteiger partial charge is 0.444 e. The third-order valence-electron chi connectivity index (χ3n) is 2.98. The Labute approximate surface area is 141 Å². The summed E-state index contributed by atoms with van der Waals surface area (Å²) in [5.74, 6) is 0. The number of benzene rings is 1. The van der Waals surface area contributed by atoms with Crippen LogP contribution in [0.1, 0.15) is 31.9 Å². The number of nitrogens with zero attached hydrogens (tertiary/aromatic N) is 1. The predicted octanol–water partition coefficient (Wildman–Crippen LogP) is 4.57. The molecule has 0 atom stereocenters. The van der Waals surface area contributed by atoms with Gasteiger partial charge in [-0.3, -0.25) is 0 Å². The number of carbonyl (C=O) groups excluding carboxylic acids is 1. The molecule has 0 radical (unpaired) electrons. The molecule has 122 valence electrons. The summed E-state index contributed by atoms with van der Waals surface area (Å²) in [6, 6.07) is 12.2. The first kappa shape index (κ1) is 17.3. The van der Waals surface area contributed by atoms with Crippen LogP contribution in [0.25, 0.3) is 0 Å². The summed E-state index contributed by atoms with van der Waals surface area (Å²) in [6.07, 6.45) is 1.39. The molecule has 5 heteroatoms. The standard InChI is InChI=1S/C18H22N2O2S/c1-13-10-16(23-15-8-6-5-7-9-15)19-11-14(13)12-20-17(21)22-18(2,3)4/h5-11H,12H2,1-4H3,(H,20,21). The highest BCUT2D eigenvalue weighted by Crippen LogP contribution is 2.26. The minimum atomic E-state index is -0.493. The van der Waals surface area contributed by atoms with E-state index in [0.717, 1.165) is 21.0 Å². The maximum absolute atomic E-state index is 11.7. The topological polar surface area (TPSA) is 51.2 Å². The highest BCUT2D eigenvalue weighted by molar-refractivity contribution is 7.99. The number of nitrogens with one attached hydrogen (secondary N) is 1. The molecule has 0 aliphatic carbocycles. The lowest BCUT2D eigenvalue weighted by Crippen LogP contribution is -2.32. The Morgan fingerprint density at radius 2 is 1.96 bits per heavy atom. The molecule has 23 heavy (non-hydrogen) atoms. The van der Waals surface area contributed by atoms with E-state index in [2.05, 4.69) is 22.4 Å². The van der Waals surface area contributed by atoms with Gasteiger partial charge in [0.25, 0.3) is 0 Å². The Morgan fingerprint density at radius 1 is 1.26 bits per heavy atom. The molecule has 0 bridgehead atoms. The molecule has 0 saturated carbocycles. The number of rotatable bonds is 4. The summed E-state index contributed by atoms with van der Waals surface area (Å²) in [4.78, 5) is 17.3. The van der Waals surface area contributed by atoms with Gasteiger partial charge in [0.15, 0.2) is 0 Å². The molecular weight excluding hydrogens is 308 g/mol. The fraction of sp³-hybridized carbons (Fsp3) is 0.333. The average Bonchev–Trinajstić information content (AvgIpc) is 2.45. The number of hydrogen-bond acceptors (Lipinski definition) is 4. The Morgan fingerprint density at radius 3 is 2.57 bits per heavy atom. The smallest absolute Gasteiger partial charge is 0.407 e. The highest BCUT2D eigenvalue weighted by Gasteiger charge is 2.16. The van der Waals surface area contributed by atoms with Crippen molar-refractivity contribution in [2.75, 3.05) is 0 Å². The van der Waals surface area contributed by atoms with Crippen LogP contribution >= 0.6 is 11.8 Å². The second-order valence-electron chi connectivity index (χ2n) is 6.22. The van der Waals surface area contributed by atoms with Gasteiger partial charge >= 0.3 is 6.09 Å². The number of aryl methyl sites for hydroxylation is 1. The van der Waals surface area contributed by atoms with Gasteiger partial charge in [-0.1, -0.05) is 30.0 Å². The van der Waals surface area contributed by atoms with E-state index in [1.807, 2.05) is 52.0 Å². The Balaban J connectivity index is 1.96. The summed E-state index contributed by atoms with van der Waals surface area (Å²) in [7, 11) is 0. The molecule has 0 aliphatic heterocycles. The van der Waals surface area contributed by atoms with E-state index in [0.29, 0.717) is 6.54 Å². The first-order valence-corrected chi connectivity index (χ1v) is 8.30. The summed E-state index contributed by atoms with van der Waals surface area (Å²) in [5, 5.41) is 3.70. The van der Waals surface area contributed by atoms with E-state index in [4.69, 9.17) is 4.74 Å². The molecule has 0 aliphatic rings. The lowest BCUT2D eigenvalue weighted by atomic mass is 10.1. The predicted molar refractivity (Wildman–Crippen MR) is 92.6 cm³/mol. The van der Waals surface area contributed by atoms with Crippen LogP contribution in [0.5, 0.6) is 0 Å². The second kappa shape index (κ2) is 7.51. The van der Waals surface area contributed by atoms with Crippen LogP contribution in [0.2, 0.25) is 0 Å². The maximum atomic E-state index is 11.7. The van der Waals surface area contributed by atoms with Crippen LogP contribution in [0.15, 0.2) is 52.5 Å². The second-order valence-corrected chi connectivity index (χ2v) is 7.31. The van der Waals surface area contributed by atoms with E-state index in [1.54, 1.807) is 18.0 Å². The van der Waals surface area contributed by atoms with Crippen molar-refractivity contribution in [1.82, 2.24) is 10.3 Å². The van der Waals surface area contributed by atoms with E-state index >= 15 is 0 Å². The number of hydrogen-bond donors (Lipinski definition) is 1. The Kier molecular flexibility index (Phi) is 5.66. The van der Waals surface area contributed by atoms with Gasteiger partial charge in [0, 0.05) is 17.6 Å². The summed E-state index contributed by atoms with van der Waals surface area (Å²) < 4.78 is 5.23. The van der Waals surface area contributed by atoms with Gasteiger partial charge in [-0.05, 0) is 57.0 Å². The minimum Gasteiger partial charge on any atom is -0.444 e. The zero-order valence-corrected chi connectivity index (χ0v) is 14.7. The van der Waals surface area contributed by atoms with Crippen molar-refractivity contribution in [3.8, 4) is 0 Å². The normalized spacial score (nSPS) is 11.1. The highest BCUT2D eigenvalue weighted by atomic mass is 32.2. The van der Waals surface area contributed by atoms with Crippen molar-refractivity contribution in [3.05, 3.63) is 53.7 Å². The van der Waals surface area contributed by atoms with E-state index in [-0.39, 0.29) is 0 Å². The van der Waals surface area contributed by atoms with E-state index in [9.17, 15) is 4.79 Å². The van der Waals surface area contributed by atoms with Crippen molar-refractivity contribution in [3.63, 3.8) is 0 Å². The molecular formula is C18H22N2O2S. The monoisotopic (exact) mass is 330 g/mol. The Bertz CT molecular complexity index is 666. The van der Waals surface area contributed by atoms with Crippen molar-refractivity contribution >= 4 is 17.9 Å². The molecule has 0 unspecified atom stereocenters. The summed E-state index contributed by atoms with van der Waals surface area (Å²) in [5.41, 5.74) is 1.58. The molecule has 1 amide bonds. The number of pyridine rings is 1. The fourth-order valence-corrected chi connectivity index (χ4v) is 2.77. The van der Waals surface area contributed by atoms with Gasteiger partial charge in [-0.2, -0.15) is 0 Å². The van der Waals surface area contributed by atoms with E-state index in [1.165, 1.54) is 0 Å². The Hall–Kier alpha value is -2.01. The number of alkyl carbamates (subject to hydrolysis) is 1. The number of ether oxygens (including phenoxy) is 1. The zero-order valence-electron chi connectivity index (χ0n) is 13.9. The van der Waals surface area contributed by atoms with Crippen LogP contribution in [-0.2, 0) is 11.3 Å².